The van der Waals surface area contributed by atoms with E-state index in [0.717, 1.165) is 11.5 Å². The number of carbonyl (C=O) groups excluding carboxylic acids is 1. The highest BCUT2D eigenvalue weighted by molar-refractivity contribution is 7.99. The second-order valence-corrected chi connectivity index (χ2v) is 5.50. The van der Waals surface area contributed by atoms with E-state index in [0.29, 0.717) is 17.1 Å². The molecule has 0 radical (unpaired) electrons. The van der Waals surface area contributed by atoms with Crippen LogP contribution >= 0.6 is 23.4 Å². The molecular weight excluding hydrogens is 258 g/mol. The lowest BCUT2D eigenvalue weighted by molar-refractivity contribution is 0.0632. The molecule has 3 nitrogen and oxygen atoms in total. The van der Waals surface area contributed by atoms with Crippen molar-refractivity contribution in [2.24, 2.45) is 0 Å². The number of carbonyl (C=O) groups is 1. The molecule has 1 atom stereocenters. The molecule has 0 bridgehead atoms. The second kappa shape index (κ2) is 5.76. The first-order chi connectivity index (χ1) is 8.22. The van der Waals surface area contributed by atoms with Gasteiger partial charge in [-0.15, -0.1) is 0 Å². The number of hydrogen-bond donors (Lipinski definition) is 1. The molecular formula is C12H14ClNO2S. The SMILES string of the molecule is O=C(c1ccc(Cl)cc1)N1CCSCC1CO. The van der Waals surface area contributed by atoms with Gasteiger partial charge in [0, 0.05) is 28.6 Å². The molecule has 0 aliphatic carbocycles. The van der Waals surface area contributed by atoms with Gasteiger partial charge in [-0.2, -0.15) is 11.8 Å². The van der Waals surface area contributed by atoms with Crippen molar-refractivity contribution in [3.8, 4) is 0 Å². The summed E-state index contributed by atoms with van der Waals surface area (Å²) in [7, 11) is 0. The van der Waals surface area contributed by atoms with Gasteiger partial charge < -0.3 is 10.0 Å². The third kappa shape index (κ3) is 2.94. The van der Waals surface area contributed by atoms with E-state index < -0.39 is 0 Å². The van der Waals surface area contributed by atoms with Crippen molar-refractivity contribution in [3.63, 3.8) is 0 Å². The van der Waals surface area contributed by atoms with Crippen LogP contribution in [0.15, 0.2) is 24.3 Å². The summed E-state index contributed by atoms with van der Waals surface area (Å²) in [6, 6.07) is 6.79. The molecule has 1 fully saturated rings. The first kappa shape index (κ1) is 12.7. The lowest BCUT2D eigenvalue weighted by Crippen LogP contribution is -2.48. The van der Waals surface area contributed by atoms with Gasteiger partial charge in [0.2, 0.25) is 0 Å². The van der Waals surface area contributed by atoms with E-state index in [1.807, 2.05) is 0 Å². The van der Waals surface area contributed by atoms with E-state index in [-0.39, 0.29) is 18.6 Å². The summed E-state index contributed by atoms with van der Waals surface area (Å²) < 4.78 is 0. The van der Waals surface area contributed by atoms with Gasteiger partial charge in [0.05, 0.1) is 12.6 Å². The van der Waals surface area contributed by atoms with Crippen molar-refractivity contribution in [2.45, 2.75) is 6.04 Å². The highest BCUT2D eigenvalue weighted by atomic mass is 35.5. The molecule has 5 heteroatoms. The molecule has 17 heavy (non-hydrogen) atoms. The second-order valence-electron chi connectivity index (χ2n) is 3.92. The van der Waals surface area contributed by atoms with Crippen LogP contribution in [-0.4, -0.2) is 46.6 Å². The van der Waals surface area contributed by atoms with Crippen molar-refractivity contribution in [2.75, 3.05) is 24.7 Å². The Bertz CT molecular complexity index is 396. The molecule has 0 aromatic heterocycles. The Balaban J connectivity index is 2.15. The molecule has 1 aliphatic heterocycles. The zero-order valence-corrected chi connectivity index (χ0v) is 10.9. The third-order valence-electron chi connectivity index (χ3n) is 2.79. The fourth-order valence-corrected chi connectivity index (χ4v) is 3.01. The molecule has 1 aromatic carbocycles. The maximum atomic E-state index is 12.2. The van der Waals surface area contributed by atoms with Gasteiger partial charge in [-0.1, -0.05) is 11.6 Å². The van der Waals surface area contributed by atoms with Gasteiger partial charge in [-0.3, -0.25) is 4.79 Å². The van der Waals surface area contributed by atoms with Gasteiger partial charge in [-0.25, -0.2) is 0 Å². The quantitative estimate of drug-likeness (QED) is 0.893. The monoisotopic (exact) mass is 271 g/mol. The molecule has 0 spiro atoms. The number of amides is 1. The first-order valence-corrected chi connectivity index (χ1v) is 7.01. The highest BCUT2D eigenvalue weighted by Crippen LogP contribution is 2.19. The van der Waals surface area contributed by atoms with Crippen LogP contribution in [0.4, 0.5) is 0 Å². The van der Waals surface area contributed by atoms with Crippen molar-refractivity contribution in [1.29, 1.82) is 0 Å². The lowest BCUT2D eigenvalue weighted by Gasteiger charge is -2.34. The summed E-state index contributed by atoms with van der Waals surface area (Å²) in [5.41, 5.74) is 0.625. The number of aliphatic hydroxyl groups is 1. The van der Waals surface area contributed by atoms with Crippen LogP contribution in [0.5, 0.6) is 0 Å². The number of thioether (sulfide) groups is 1. The highest BCUT2D eigenvalue weighted by Gasteiger charge is 2.26. The molecule has 1 amide bonds. The van der Waals surface area contributed by atoms with Crippen LogP contribution in [0.2, 0.25) is 5.02 Å². The Labute approximate surface area is 110 Å². The fourth-order valence-electron chi connectivity index (χ4n) is 1.83. The molecule has 0 saturated carbocycles. The lowest BCUT2D eigenvalue weighted by atomic mass is 10.1. The van der Waals surface area contributed by atoms with Crippen LogP contribution in [0, 0.1) is 0 Å². The van der Waals surface area contributed by atoms with Crippen LogP contribution in [0.3, 0.4) is 0 Å². The summed E-state index contributed by atoms with van der Waals surface area (Å²) in [4.78, 5) is 14.0. The van der Waals surface area contributed by atoms with Crippen molar-refractivity contribution in [1.82, 2.24) is 4.90 Å². The number of rotatable bonds is 2. The van der Waals surface area contributed by atoms with Gasteiger partial charge in [-0.05, 0) is 24.3 Å². The molecule has 1 aromatic rings. The van der Waals surface area contributed by atoms with Crippen LogP contribution < -0.4 is 0 Å². The van der Waals surface area contributed by atoms with E-state index >= 15 is 0 Å². The number of halogens is 1. The number of hydrogen-bond acceptors (Lipinski definition) is 3. The average Bonchev–Trinajstić information content (AvgIpc) is 2.39. The summed E-state index contributed by atoms with van der Waals surface area (Å²) >= 11 is 7.56. The number of benzene rings is 1. The Morgan fingerprint density at radius 3 is 2.82 bits per heavy atom. The third-order valence-corrected chi connectivity index (χ3v) is 4.13. The van der Waals surface area contributed by atoms with E-state index in [9.17, 15) is 9.90 Å². The van der Waals surface area contributed by atoms with Gasteiger partial charge in [0.25, 0.3) is 5.91 Å². The van der Waals surface area contributed by atoms with Gasteiger partial charge in [0.15, 0.2) is 0 Å². The van der Waals surface area contributed by atoms with E-state index in [1.54, 1.807) is 40.9 Å². The molecule has 1 N–H and O–H groups in total. The predicted molar refractivity (Wildman–Crippen MR) is 70.7 cm³/mol. The largest absolute Gasteiger partial charge is 0.394 e. The van der Waals surface area contributed by atoms with Crippen molar-refractivity contribution < 1.29 is 9.90 Å². The zero-order valence-electron chi connectivity index (χ0n) is 9.30. The predicted octanol–water partition coefficient (Wildman–Crippen LogP) is 1.89. The summed E-state index contributed by atoms with van der Waals surface area (Å²) in [5, 5.41) is 9.89. The average molecular weight is 272 g/mol. The Morgan fingerprint density at radius 1 is 1.47 bits per heavy atom. The van der Waals surface area contributed by atoms with Gasteiger partial charge in [0.1, 0.15) is 0 Å². The minimum Gasteiger partial charge on any atom is -0.394 e. The van der Waals surface area contributed by atoms with Crippen LogP contribution in [0.1, 0.15) is 10.4 Å². The standard InChI is InChI=1S/C12H14ClNO2S/c13-10-3-1-9(2-4-10)12(16)14-5-6-17-8-11(14)7-15/h1-4,11,15H,5-8H2. The Morgan fingerprint density at radius 2 is 2.18 bits per heavy atom. The zero-order chi connectivity index (χ0) is 12.3. The van der Waals surface area contributed by atoms with Crippen LogP contribution in [0.25, 0.3) is 0 Å². The maximum Gasteiger partial charge on any atom is 0.254 e. The summed E-state index contributed by atoms with van der Waals surface area (Å²) in [5.74, 6) is 1.70. The topological polar surface area (TPSA) is 40.5 Å². The number of aliphatic hydroxyl groups excluding tert-OH is 1. The van der Waals surface area contributed by atoms with E-state index in [4.69, 9.17) is 11.6 Å². The van der Waals surface area contributed by atoms with E-state index in [1.165, 1.54) is 0 Å². The van der Waals surface area contributed by atoms with Crippen molar-refractivity contribution >= 4 is 29.3 Å². The summed E-state index contributed by atoms with van der Waals surface area (Å²) in [6.45, 7) is 0.712. The minimum atomic E-state index is -0.0723. The molecule has 1 aliphatic rings. The molecule has 1 saturated heterocycles. The Kier molecular flexibility index (Phi) is 4.31. The normalized spacial score (nSPS) is 20.4. The number of nitrogens with zero attached hydrogens (tertiary/aromatic N) is 1. The fraction of sp³-hybridized carbons (Fsp3) is 0.417. The Hall–Kier alpha value is -0.710. The minimum absolute atomic E-state index is 0.0202. The smallest absolute Gasteiger partial charge is 0.254 e. The van der Waals surface area contributed by atoms with Crippen LogP contribution in [-0.2, 0) is 0 Å². The van der Waals surface area contributed by atoms with Crippen molar-refractivity contribution in [3.05, 3.63) is 34.9 Å². The molecule has 92 valence electrons. The van der Waals surface area contributed by atoms with E-state index in [2.05, 4.69) is 0 Å². The molecule has 2 rings (SSSR count). The molecule has 1 unspecified atom stereocenters. The first-order valence-electron chi connectivity index (χ1n) is 5.47. The maximum absolute atomic E-state index is 12.2. The molecule has 1 heterocycles. The van der Waals surface area contributed by atoms with Gasteiger partial charge >= 0.3 is 0 Å². The summed E-state index contributed by atoms with van der Waals surface area (Å²) in [6.07, 6.45) is 0.